The summed E-state index contributed by atoms with van der Waals surface area (Å²) >= 11 is 0. The molecule has 3 atom stereocenters. The fourth-order valence-electron chi connectivity index (χ4n) is 3.08. The molecule has 0 radical (unpaired) electrons. The van der Waals surface area contributed by atoms with Gasteiger partial charge < -0.3 is 5.32 Å². The molecule has 1 aromatic heterocycles. The summed E-state index contributed by atoms with van der Waals surface area (Å²) in [5.41, 5.74) is -0.144. The number of halogens is 4. The quantitative estimate of drug-likeness (QED) is 0.841. The van der Waals surface area contributed by atoms with Crippen LogP contribution in [0.1, 0.15) is 6.42 Å². The van der Waals surface area contributed by atoms with Crippen molar-refractivity contribution in [3.05, 3.63) is 42.2 Å². The maximum Gasteiger partial charge on any atom is 0.268 e. The predicted molar refractivity (Wildman–Crippen MR) is 75.9 cm³/mol. The van der Waals surface area contributed by atoms with Crippen LogP contribution in [-0.2, 0) is 4.79 Å². The number of aromatic nitrogens is 2. The molecule has 1 amide bonds. The van der Waals surface area contributed by atoms with E-state index in [9.17, 15) is 22.4 Å². The number of carbonyl (C=O) groups excluding carboxylic acids is 1. The van der Waals surface area contributed by atoms with Crippen LogP contribution in [0, 0.1) is 17.6 Å². The molecule has 2 aromatic rings. The zero-order valence-corrected chi connectivity index (χ0v) is 12.1. The van der Waals surface area contributed by atoms with Gasteiger partial charge in [-0.2, -0.15) is 5.10 Å². The van der Waals surface area contributed by atoms with Gasteiger partial charge in [0.25, 0.3) is 5.92 Å². The summed E-state index contributed by atoms with van der Waals surface area (Å²) < 4.78 is 54.6. The topological polar surface area (TPSA) is 59.0 Å². The molecule has 0 bridgehead atoms. The third kappa shape index (κ3) is 2.27. The molecule has 9 heteroatoms. The third-order valence-corrected chi connectivity index (χ3v) is 4.41. The average molecular weight is 340 g/mol. The molecule has 2 fully saturated rings. The molecule has 0 unspecified atom stereocenters. The van der Waals surface area contributed by atoms with E-state index in [4.69, 9.17) is 0 Å². The monoisotopic (exact) mass is 340 g/mol. The number of hydrogen-bond donors (Lipinski definition) is 2. The molecular formula is C15H12F4N4O. The summed E-state index contributed by atoms with van der Waals surface area (Å²) in [5, 5.41) is 8.91. The highest BCUT2D eigenvalue weighted by atomic mass is 19.3. The van der Waals surface area contributed by atoms with E-state index in [0.29, 0.717) is 0 Å². The number of carbonyl (C=O) groups is 1. The number of nitrogens with zero attached hydrogens (tertiary/aromatic N) is 2. The van der Waals surface area contributed by atoms with Gasteiger partial charge in [0.2, 0.25) is 5.91 Å². The van der Waals surface area contributed by atoms with E-state index in [2.05, 4.69) is 15.7 Å². The number of anilines is 1. The molecule has 5 nitrogen and oxygen atoms in total. The molecule has 126 valence electrons. The van der Waals surface area contributed by atoms with E-state index in [1.54, 1.807) is 0 Å². The first-order valence-electron chi connectivity index (χ1n) is 7.31. The Labute approximate surface area is 133 Å². The minimum Gasteiger partial charge on any atom is -0.322 e. The van der Waals surface area contributed by atoms with Crippen molar-refractivity contribution in [2.75, 3.05) is 5.32 Å². The van der Waals surface area contributed by atoms with Gasteiger partial charge in [0.05, 0.1) is 30.2 Å². The molecule has 4 rings (SSSR count). The van der Waals surface area contributed by atoms with Crippen LogP contribution < -0.4 is 10.6 Å². The third-order valence-electron chi connectivity index (χ3n) is 4.41. The second-order valence-corrected chi connectivity index (χ2v) is 5.95. The van der Waals surface area contributed by atoms with Crippen LogP contribution in [0.4, 0.5) is 23.2 Å². The maximum atomic E-state index is 13.7. The van der Waals surface area contributed by atoms with Crippen molar-refractivity contribution in [2.24, 2.45) is 5.92 Å². The molecule has 2 N–H and O–H groups in total. The molecule has 1 aliphatic carbocycles. The molecule has 2 heterocycles. The van der Waals surface area contributed by atoms with Crippen molar-refractivity contribution < 1.29 is 22.4 Å². The van der Waals surface area contributed by atoms with E-state index in [0.717, 1.165) is 16.8 Å². The second-order valence-electron chi connectivity index (χ2n) is 5.95. The van der Waals surface area contributed by atoms with Crippen molar-refractivity contribution in [2.45, 2.75) is 24.4 Å². The van der Waals surface area contributed by atoms with Crippen LogP contribution >= 0.6 is 0 Å². The zero-order chi connectivity index (χ0) is 17.1. The number of hydrogen-bond acceptors (Lipinski definition) is 3. The van der Waals surface area contributed by atoms with Gasteiger partial charge in [-0.3, -0.25) is 10.1 Å². The van der Waals surface area contributed by atoms with E-state index in [-0.39, 0.29) is 17.8 Å². The number of para-hydroxylation sites is 1. The number of nitrogens with one attached hydrogen (secondary N) is 2. The Morgan fingerprint density at radius 1 is 1.33 bits per heavy atom. The Bertz CT molecular complexity index is 787. The van der Waals surface area contributed by atoms with Gasteiger partial charge in [0.1, 0.15) is 5.69 Å². The van der Waals surface area contributed by atoms with Crippen LogP contribution in [0.5, 0.6) is 0 Å². The lowest BCUT2D eigenvalue weighted by Gasteiger charge is -2.14. The van der Waals surface area contributed by atoms with Gasteiger partial charge >= 0.3 is 0 Å². The minimum absolute atomic E-state index is 0.0551. The number of rotatable bonds is 3. The largest absolute Gasteiger partial charge is 0.322 e. The number of fused-ring (bicyclic) bond motifs is 1. The van der Waals surface area contributed by atoms with E-state index < -0.39 is 41.5 Å². The fraction of sp³-hybridized carbons (Fsp3) is 0.333. The minimum atomic E-state index is -2.73. The lowest BCUT2D eigenvalue weighted by molar-refractivity contribution is -0.118. The summed E-state index contributed by atoms with van der Waals surface area (Å²) in [6.45, 7) is 0. The van der Waals surface area contributed by atoms with E-state index >= 15 is 0 Å². The van der Waals surface area contributed by atoms with Gasteiger partial charge in [-0.05, 0) is 18.6 Å². The van der Waals surface area contributed by atoms with Crippen molar-refractivity contribution in [3.63, 3.8) is 0 Å². The lowest BCUT2D eigenvalue weighted by atomic mass is 10.1. The Balaban J connectivity index is 1.46. The van der Waals surface area contributed by atoms with Gasteiger partial charge in [-0.15, -0.1) is 0 Å². The first kappa shape index (κ1) is 15.1. The Kier molecular flexibility index (Phi) is 3.17. The van der Waals surface area contributed by atoms with Crippen molar-refractivity contribution in [1.82, 2.24) is 15.1 Å². The number of alkyl halides is 2. The van der Waals surface area contributed by atoms with E-state index in [1.165, 1.54) is 18.5 Å². The average Bonchev–Trinajstić information content (AvgIpc) is 2.98. The highest BCUT2D eigenvalue weighted by molar-refractivity contribution is 5.95. The first-order chi connectivity index (χ1) is 11.4. The normalized spacial score (nSPS) is 26.9. The molecule has 24 heavy (non-hydrogen) atoms. The number of piperidine rings is 1. The summed E-state index contributed by atoms with van der Waals surface area (Å²) in [7, 11) is 0. The van der Waals surface area contributed by atoms with Crippen LogP contribution in [0.3, 0.4) is 0 Å². The van der Waals surface area contributed by atoms with Crippen LogP contribution in [0.2, 0.25) is 0 Å². The highest BCUT2D eigenvalue weighted by Crippen LogP contribution is 2.55. The standard InChI is InChI=1S/C15H12F4N4O/c16-9-2-1-3-10(17)12(9)23-6-7(5-20-23)21-14(24)11-4-8-13(22-11)15(8,18)19/h1-3,5-6,8,11,13,22H,4H2,(H,21,24)/t8-,11-,13+/m0/s1. The molecule has 1 aromatic carbocycles. The number of benzene rings is 1. The molecule has 1 aliphatic heterocycles. The van der Waals surface area contributed by atoms with Crippen LogP contribution in [0.15, 0.2) is 30.6 Å². The van der Waals surface area contributed by atoms with Gasteiger partial charge in [-0.1, -0.05) is 6.07 Å². The summed E-state index contributed by atoms with van der Waals surface area (Å²) in [6, 6.07) is 1.75. The van der Waals surface area contributed by atoms with Crippen LogP contribution in [0.25, 0.3) is 5.69 Å². The van der Waals surface area contributed by atoms with Crippen molar-refractivity contribution in [1.29, 1.82) is 0 Å². The van der Waals surface area contributed by atoms with E-state index in [1.807, 2.05) is 0 Å². The molecule has 1 saturated carbocycles. The molecule has 0 spiro atoms. The van der Waals surface area contributed by atoms with Gasteiger partial charge in [-0.25, -0.2) is 22.2 Å². The van der Waals surface area contributed by atoms with Crippen molar-refractivity contribution in [3.8, 4) is 5.69 Å². The molecular weight excluding hydrogens is 328 g/mol. The Morgan fingerprint density at radius 2 is 2.04 bits per heavy atom. The fourth-order valence-corrected chi connectivity index (χ4v) is 3.08. The van der Waals surface area contributed by atoms with Crippen molar-refractivity contribution >= 4 is 11.6 Å². The smallest absolute Gasteiger partial charge is 0.268 e. The maximum absolute atomic E-state index is 13.7. The second kappa shape index (κ2) is 5.04. The lowest BCUT2D eigenvalue weighted by Crippen LogP contribution is -2.40. The summed E-state index contributed by atoms with van der Waals surface area (Å²) in [6.07, 6.45) is 2.54. The first-order valence-corrected chi connectivity index (χ1v) is 7.31. The summed E-state index contributed by atoms with van der Waals surface area (Å²) in [5.74, 6) is -5.61. The zero-order valence-electron chi connectivity index (χ0n) is 12.1. The Morgan fingerprint density at radius 3 is 2.67 bits per heavy atom. The molecule has 2 aliphatic rings. The highest BCUT2D eigenvalue weighted by Gasteiger charge is 2.72. The SMILES string of the molecule is O=C(Nc1cnn(-c2c(F)cccc2F)c1)[C@@H]1C[C@H]2[C@@H](N1)C2(F)F. The molecule has 1 saturated heterocycles. The van der Waals surface area contributed by atoms with Gasteiger partial charge in [0.15, 0.2) is 11.6 Å². The summed E-state index contributed by atoms with van der Waals surface area (Å²) in [4.78, 5) is 12.1. The van der Waals surface area contributed by atoms with Crippen LogP contribution in [-0.4, -0.2) is 33.7 Å². The predicted octanol–water partition coefficient (Wildman–Crippen LogP) is 2.08. The Hall–Kier alpha value is -2.42. The van der Waals surface area contributed by atoms with Gasteiger partial charge in [0, 0.05) is 5.92 Å². The number of amides is 1.